The third kappa shape index (κ3) is 4.20. The Bertz CT molecular complexity index is 873. The molecule has 2 unspecified atom stereocenters. The first-order valence-corrected chi connectivity index (χ1v) is 10.4. The number of benzene rings is 1. The first kappa shape index (κ1) is 20.8. The van der Waals surface area contributed by atoms with E-state index in [1.807, 2.05) is 11.0 Å². The van der Waals surface area contributed by atoms with Crippen LogP contribution in [0.2, 0.25) is 0 Å². The fourth-order valence-corrected chi connectivity index (χ4v) is 3.85. The van der Waals surface area contributed by atoms with Crippen LogP contribution in [0, 0.1) is 5.92 Å². The molecule has 2 fully saturated rings. The molecule has 0 radical (unpaired) electrons. The monoisotopic (exact) mass is 416 g/mol. The van der Waals surface area contributed by atoms with Crippen LogP contribution in [0.25, 0.3) is 0 Å². The number of amides is 2. The predicted molar refractivity (Wildman–Crippen MR) is 108 cm³/mol. The smallest absolute Gasteiger partial charge is 0.338 e. The molecule has 2 amide bonds. The molecule has 2 aliphatic heterocycles. The van der Waals surface area contributed by atoms with Crippen molar-refractivity contribution in [2.45, 2.75) is 58.0 Å². The lowest BCUT2D eigenvalue weighted by Gasteiger charge is -2.34. The third-order valence-electron chi connectivity index (χ3n) is 5.52. The van der Waals surface area contributed by atoms with Crippen molar-refractivity contribution in [3.63, 3.8) is 0 Å². The lowest BCUT2D eigenvalue weighted by molar-refractivity contribution is -0.177. The summed E-state index contributed by atoms with van der Waals surface area (Å²) in [5.74, 6) is -0.828. The van der Waals surface area contributed by atoms with Crippen molar-refractivity contribution in [2.24, 2.45) is 5.92 Å². The summed E-state index contributed by atoms with van der Waals surface area (Å²) in [6, 6.07) is 5.40. The molecule has 1 aliphatic carbocycles. The Labute approximate surface area is 175 Å². The van der Waals surface area contributed by atoms with Crippen LogP contribution in [-0.4, -0.2) is 65.3 Å². The van der Waals surface area contributed by atoms with Crippen LogP contribution in [0.15, 0.2) is 18.2 Å². The highest BCUT2D eigenvalue weighted by Crippen LogP contribution is 2.34. The van der Waals surface area contributed by atoms with E-state index in [1.54, 1.807) is 32.9 Å². The Balaban J connectivity index is 1.49. The fraction of sp³-hybridized carbons (Fsp3) is 0.591. The minimum Gasteiger partial charge on any atom is -0.458 e. The maximum atomic E-state index is 13.0. The number of morpholine rings is 1. The van der Waals surface area contributed by atoms with Crippen LogP contribution in [0.5, 0.6) is 0 Å². The van der Waals surface area contributed by atoms with Crippen molar-refractivity contribution in [1.82, 2.24) is 4.90 Å². The summed E-state index contributed by atoms with van der Waals surface area (Å²) >= 11 is 0. The Morgan fingerprint density at radius 1 is 1.30 bits per heavy atom. The third-order valence-corrected chi connectivity index (χ3v) is 5.52. The minimum atomic E-state index is -1.72. The number of rotatable bonds is 5. The molecular weight excluding hydrogens is 388 g/mol. The summed E-state index contributed by atoms with van der Waals surface area (Å²) in [7, 11) is 0. The Morgan fingerprint density at radius 3 is 2.70 bits per heavy atom. The second-order valence-electron chi connectivity index (χ2n) is 9.23. The van der Waals surface area contributed by atoms with Gasteiger partial charge in [-0.05, 0) is 57.2 Å². The van der Waals surface area contributed by atoms with Gasteiger partial charge in [0.25, 0.3) is 11.8 Å². The maximum Gasteiger partial charge on any atom is 0.338 e. The molecule has 0 aromatic heterocycles. The Morgan fingerprint density at radius 2 is 2.03 bits per heavy atom. The van der Waals surface area contributed by atoms with Crippen LogP contribution < -0.4 is 4.90 Å². The predicted octanol–water partition coefficient (Wildman–Crippen LogP) is 1.49. The van der Waals surface area contributed by atoms with E-state index in [-0.39, 0.29) is 19.1 Å². The van der Waals surface area contributed by atoms with Gasteiger partial charge in [-0.2, -0.15) is 0 Å². The molecule has 1 aromatic rings. The van der Waals surface area contributed by atoms with Gasteiger partial charge in [-0.3, -0.25) is 9.59 Å². The molecule has 4 rings (SSSR count). The van der Waals surface area contributed by atoms with Gasteiger partial charge in [-0.1, -0.05) is 6.07 Å². The first-order chi connectivity index (χ1) is 14.1. The molecule has 162 valence electrons. The maximum absolute atomic E-state index is 13.0. The SMILES string of the molecule is CC(C)(C)OC(=O)C(O)C1OCCN(c2ccc3c(c2)C(=O)N(CC2CC2)C3)C1=O. The summed E-state index contributed by atoms with van der Waals surface area (Å²) < 4.78 is 10.6. The van der Waals surface area contributed by atoms with E-state index in [0.29, 0.717) is 23.7 Å². The van der Waals surface area contributed by atoms with Crippen molar-refractivity contribution in [2.75, 3.05) is 24.6 Å². The van der Waals surface area contributed by atoms with E-state index < -0.39 is 29.7 Å². The van der Waals surface area contributed by atoms with Gasteiger partial charge >= 0.3 is 5.97 Å². The highest BCUT2D eigenvalue weighted by molar-refractivity contribution is 6.03. The van der Waals surface area contributed by atoms with Crippen molar-refractivity contribution in [1.29, 1.82) is 0 Å². The van der Waals surface area contributed by atoms with Crippen molar-refractivity contribution >= 4 is 23.5 Å². The van der Waals surface area contributed by atoms with E-state index in [9.17, 15) is 19.5 Å². The van der Waals surface area contributed by atoms with Gasteiger partial charge in [-0.25, -0.2) is 4.79 Å². The molecule has 1 N–H and O–H groups in total. The number of anilines is 1. The molecular formula is C22H28N2O6. The number of carbonyl (C=O) groups is 3. The van der Waals surface area contributed by atoms with Crippen LogP contribution in [-0.2, 0) is 25.6 Å². The van der Waals surface area contributed by atoms with E-state index in [1.165, 1.54) is 17.7 Å². The number of nitrogens with zero attached hydrogens (tertiary/aromatic N) is 2. The lowest BCUT2D eigenvalue weighted by Crippen LogP contribution is -2.55. The van der Waals surface area contributed by atoms with Crippen molar-refractivity contribution in [3.05, 3.63) is 29.3 Å². The molecule has 1 saturated carbocycles. The second-order valence-corrected chi connectivity index (χ2v) is 9.23. The number of fused-ring (bicyclic) bond motifs is 1. The quantitative estimate of drug-likeness (QED) is 0.731. The van der Waals surface area contributed by atoms with Crippen LogP contribution in [0.1, 0.15) is 49.5 Å². The zero-order valence-electron chi connectivity index (χ0n) is 17.6. The van der Waals surface area contributed by atoms with Crippen LogP contribution >= 0.6 is 0 Å². The minimum absolute atomic E-state index is 0.00945. The van der Waals surface area contributed by atoms with Gasteiger partial charge in [0, 0.05) is 30.9 Å². The largest absolute Gasteiger partial charge is 0.458 e. The molecule has 8 heteroatoms. The topological polar surface area (TPSA) is 96.4 Å². The molecule has 1 saturated heterocycles. The number of aliphatic hydroxyl groups is 1. The number of hydrogen-bond donors (Lipinski definition) is 1. The van der Waals surface area contributed by atoms with Crippen LogP contribution in [0.4, 0.5) is 5.69 Å². The highest BCUT2D eigenvalue weighted by atomic mass is 16.6. The zero-order chi connectivity index (χ0) is 21.6. The van der Waals surface area contributed by atoms with Crippen molar-refractivity contribution in [3.8, 4) is 0 Å². The molecule has 0 spiro atoms. The molecule has 0 bridgehead atoms. The van der Waals surface area contributed by atoms with Crippen LogP contribution in [0.3, 0.4) is 0 Å². The van der Waals surface area contributed by atoms with Gasteiger partial charge in [0.05, 0.1) is 6.61 Å². The second kappa shape index (κ2) is 7.67. The summed E-state index contributed by atoms with van der Waals surface area (Å²) in [5.41, 5.74) is 1.33. The summed E-state index contributed by atoms with van der Waals surface area (Å²) in [4.78, 5) is 41.3. The van der Waals surface area contributed by atoms with E-state index >= 15 is 0 Å². The number of esters is 1. The normalized spacial score (nSPS) is 22.9. The summed E-state index contributed by atoms with van der Waals surface area (Å²) in [5, 5.41) is 10.4. The van der Waals surface area contributed by atoms with E-state index in [0.717, 1.165) is 12.1 Å². The molecule has 3 aliphatic rings. The van der Waals surface area contributed by atoms with Gasteiger partial charge in [-0.15, -0.1) is 0 Å². The number of hydrogen-bond acceptors (Lipinski definition) is 6. The molecule has 1 aromatic carbocycles. The fourth-order valence-electron chi connectivity index (χ4n) is 3.85. The zero-order valence-corrected chi connectivity index (χ0v) is 17.6. The first-order valence-electron chi connectivity index (χ1n) is 10.4. The highest BCUT2D eigenvalue weighted by Gasteiger charge is 2.41. The average Bonchev–Trinajstić information content (AvgIpc) is 3.44. The van der Waals surface area contributed by atoms with E-state index in [4.69, 9.17) is 9.47 Å². The summed E-state index contributed by atoms with van der Waals surface area (Å²) in [6.07, 6.45) is -0.710. The van der Waals surface area contributed by atoms with Gasteiger partial charge in [0.15, 0.2) is 12.2 Å². The summed E-state index contributed by atoms with van der Waals surface area (Å²) in [6.45, 7) is 6.86. The van der Waals surface area contributed by atoms with Gasteiger partial charge in [0.1, 0.15) is 5.60 Å². The average molecular weight is 416 g/mol. The Kier molecular flexibility index (Phi) is 5.32. The number of carbonyl (C=O) groups excluding carboxylic acids is 3. The number of ether oxygens (including phenoxy) is 2. The molecule has 8 nitrogen and oxygen atoms in total. The molecule has 2 heterocycles. The standard InChI is InChI=1S/C22H28N2O6/c1-22(2,3)30-21(28)17(25)18-20(27)24(8-9-29-18)15-7-6-14-12-23(11-13-4-5-13)19(26)16(14)10-15/h6-7,10,13,17-18,25H,4-5,8-9,11-12H2,1-3H3. The molecule has 30 heavy (non-hydrogen) atoms. The lowest BCUT2D eigenvalue weighted by atomic mass is 10.1. The van der Waals surface area contributed by atoms with Crippen molar-refractivity contribution < 1.29 is 29.0 Å². The Hall–Kier alpha value is -2.45. The molecule has 2 atom stereocenters. The van der Waals surface area contributed by atoms with Gasteiger partial charge < -0.3 is 24.4 Å². The van der Waals surface area contributed by atoms with Gasteiger partial charge in [0.2, 0.25) is 0 Å². The van der Waals surface area contributed by atoms with E-state index in [2.05, 4.69) is 0 Å². The number of aliphatic hydroxyl groups excluding tert-OH is 1.